The van der Waals surface area contributed by atoms with E-state index in [-0.39, 0.29) is 5.91 Å². The fourth-order valence-corrected chi connectivity index (χ4v) is 2.77. The van der Waals surface area contributed by atoms with Crippen molar-refractivity contribution in [2.75, 3.05) is 4.90 Å². The van der Waals surface area contributed by atoms with Crippen molar-refractivity contribution >= 4 is 34.4 Å². The number of fused-ring (bicyclic) bond motifs is 2. The van der Waals surface area contributed by atoms with Gasteiger partial charge in [-0.05, 0) is 30.3 Å². The van der Waals surface area contributed by atoms with E-state index in [1.807, 2.05) is 0 Å². The van der Waals surface area contributed by atoms with Crippen molar-refractivity contribution in [3.8, 4) is 0 Å². The summed E-state index contributed by atoms with van der Waals surface area (Å²) in [4.78, 5) is 22.2. The summed E-state index contributed by atoms with van der Waals surface area (Å²) in [5, 5.41) is 11.5. The van der Waals surface area contributed by atoms with Crippen molar-refractivity contribution in [1.29, 1.82) is 0 Å². The molecule has 24 heavy (non-hydrogen) atoms. The standard InChI is InChI=1S/C16H10ClN3O2.C2H4/c17-12-7-5-9-6-8-13(19-14(9)18-12)20-15(21)10-3-1-2-4-11(10)16(20)22;1-2/h1-8,15,21H;1-2H2. The van der Waals surface area contributed by atoms with Gasteiger partial charge in [0.15, 0.2) is 11.9 Å². The number of hydrogen-bond donors (Lipinski definition) is 1. The minimum absolute atomic E-state index is 0.281. The zero-order chi connectivity index (χ0) is 17.3. The number of aliphatic hydroxyl groups excluding tert-OH is 1. The predicted molar refractivity (Wildman–Crippen MR) is 94.0 cm³/mol. The zero-order valence-electron chi connectivity index (χ0n) is 12.7. The van der Waals surface area contributed by atoms with E-state index < -0.39 is 6.23 Å². The van der Waals surface area contributed by atoms with Crippen LogP contribution in [-0.2, 0) is 0 Å². The molecule has 1 aliphatic rings. The molecule has 0 spiro atoms. The average molecular weight is 340 g/mol. The first-order valence-electron chi connectivity index (χ1n) is 7.19. The van der Waals surface area contributed by atoms with Gasteiger partial charge in [-0.2, -0.15) is 0 Å². The van der Waals surface area contributed by atoms with Crippen molar-refractivity contribution in [2.24, 2.45) is 0 Å². The molecule has 3 heterocycles. The van der Waals surface area contributed by atoms with E-state index in [0.29, 0.717) is 27.7 Å². The fraction of sp³-hybridized carbons (Fsp3) is 0.0556. The molecule has 3 aromatic rings. The summed E-state index contributed by atoms with van der Waals surface area (Å²) in [6.45, 7) is 6.00. The third-order valence-electron chi connectivity index (χ3n) is 3.68. The van der Waals surface area contributed by atoms with Crippen molar-refractivity contribution in [2.45, 2.75) is 6.23 Å². The molecule has 0 radical (unpaired) electrons. The highest BCUT2D eigenvalue weighted by Gasteiger charge is 2.37. The highest BCUT2D eigenvalue weighted by Crippen LogP contribution is 2.35. The van der Waals surface area contributed by atoms with Gasteiger partial charge in [-0.15, -0.1) is 13.2 Å². The van der Waals surface area contributed by atoms with E-state index in [0.717, 1.165) is 5.39 Å². The molecule has 1 aromatic carbocycles. The first-order chi connectivity index (χ1) is 11.6. The molecule has 1 aliphatic heterocycles. The summed E-state index contributed by atoms with van der Waals surface area (Å²) in [5.74, 6) is 0.0629. The van der Waals surface area contributed by atoms with Crippen LogP contribution in [-0.4, -0.2) is 21.0 Å². The van der Waals surface area contributed by atoms with Gasteiger partial charge in [0.2, 0.25) is 0 Å². The van der Waals surface area contributed by atoms with E-state index in [1.54, 1.807) is 48.5 Å². The summed E-state index contributed by atoms with van der Waals surface area (Å²) in [7, 11) is 0. The molecule has 0 bridgehead atoms. The largest absolute Gasteiger partial charge is 0.369 e. The van der Waals surface area contributed by atoms with Crippen LogP contribution < -0.4 is 4.90 Å². The number of rotatable bonds is 1. The Morgan fingerprint density at radius 3 is 2.50 bits per heavy atom. The van der Waals surface area contributed by atoms with E-state index in [4.69, 9.17) is 11.6 Å². The topological polar surface area (TPSA) is 66.3 Å². The summed E-state index contributed by atoms with van der Waals surface area (Å²) in [5.41, 5.74) is 1.49. The Bertz CT molecular complexity index is 929. The minimum atomic E-state index is -1.05. The smallest absolute Gasteiger partial charge is 0.262 e. The minimum Gasteiger partial charge on any atom is -0.369 e. The number of carbonyl (C=O) groups excluding carboxylic acids is 1. The summed E-state index contributed by atoms with van der Waals surface area (Å²) in [6, 6.07) is 13.9. The Labute approximate surface area is 143 Å². The van der Waals surface area contributed by atoms with Gasteiger partial charge in [-0.25, -0.2) is 9.97 Å². The molecule has 4 rings (SSSR count). The number of amides is 1. The van der Waals surface area contributed by atoms with Crippen LogP contribution in [0.5, 0.6) is 0 Å². The maximum Gasteiger partial charge on any atom is 0.262 e. The van der Waals surface area contributed by atoms with Crippen LogP contribution in [0.4, 0.5) is 5.82 Å². The van der Waals surface area contributed by atoms with E-state index in [1.165, 1.54) is 4.90 Å². The summed E-state index contributed by atoms with van der Waals surface area (Å²) in [6.07, 6.45) is -1.05. The summed E-state index contributed by atoms with van der Waals surface area (Å²) >= 11 is 5.88. The zero-order valence-corrected chi connectivity index (χ0v) is 13.4. The van der Waals surface area contributed by atoms with Crippen LogP contribution >= 0.6 is 11.6 Å². The second-order valence-corrected chi connectivity index (χ2v) is 5.37. The fourth-order valence-electron chi connectivity index (χ4n) is 2.63. The molecule has 0 aliphatic carbocycles. The lowest BCUT2D eigenvalue weighted by atomic mass is 10.1. The predicted octanol–water partition coefficient (Wildman–Crippen LogP) is 3.74. The maximum absolute atomic E-state index is 12.5. The highest BCUT2D eigenvalue weighted by atomic mass is 35.5. The van der Waals surface area contributed by atoms with Gasteiger partial charge in [-0.1, -0.05) is 29.8 Å². The van der Waals surface area contributed by atoms with Crippen LogP contribution in [0.3, 0.4) is 0 Å². The van der Waals surface area contributed by atoms with E-state index in [9.17, 15) is 9.90 Å². The second-order valence-electron chi connectivity index (χ2n) is 4.99. The maximum atomic E-state index is 12.5. The van der Waals surface area contributed by atoms with Crippen LogP contribution in [0.2, 0.25) is 5.15 Å². The van der Waals surface area contributed by atoms with Crippen molar-refractivity contribution in [1.82, 2.24) is 9.97 Å². The van der Waals surface area contributed by atoms with Gasteiger partial charge in [0.25, 0.3) is 5.91 Å². The third-order valence-corrected chi connectivity index (χ3v) is 3.89. The second kappa shape index (κ2) is 6.39. The molecule has 1 atom stereocenters. The number of nitrogens with zero attached hydrogens (tertiary/aromatic N) is 3. The lowest BCUT2D eigenvalue weighted by Gasteiger charge is -2.19. The van der Waals surface area contributed by atoms with Gasteiger partial charge in [0.1, 0.15) is 11.0 Å². The van der Waals surface area contributed by atoms with Gasteiger partial charge >= 0.3 is 0 Å². The number of carbonyl (C=O) groups is 1. The monoisotopic (exact) mass is 339 g/mol. The van der Waals surface area contributed by atoms with Crippen molar-refractivity contribution in [3.63, 3.8) is 0 Å². The van der Waals surface area contributed by atoms with E-state index >= 15 is 0 Å². The van der Waals surface area contributed by atoms with E-state index in [2.05, 4.69) is 23.1 Å². The van der Waals surface area contributed by atoms with Gasteiger partial charge in [0, 0.05) is 16.5 Å². The molecule has 120 valence electrons. The lowest BCUT2D eigenvalue weighted by Crippen LogP contribution is -2.28. The molecule has 2 aromatic heterocycles. The Hall–Kier alpha value is -2.76. The van der Waals surface area contributed by atoms with Crippen LogP contribution in [0.25, 0.3) is 11.0 Å². The first-order valence-corrected chi connectivity index (χ1v) is 7.57. The molecule has 0 saturated heterocycles. The van der Waals surface area contributed by atoms with Gasteiger partial charge in [-0.3, -0.25) is 9.69 Å². The number of aliphatic hydroxyl groups is 1. The molecule has 6 heteroatoms. The average Bonchev–Trinajstić information content (AvgIpc) is 2.87. The Morgan fingerprint density at radius 1 is 1.04 bits per heavy atom. The number of halogens is 1. The number of aromatic nitrogens is 2. The number of anilines is 1. The Kier molecular flexibility index (Phi) is 4.29. The molecule has 1 amide bonds. The van der Waals surface area contributed by atoms with Crippen molar-refractivity contribution in [3.05, 3.63) is 78.0 Å². The molecular weight excluding hydrogens is 326 g/mol. The highest BCUT2D eigenvalue weighted by molar-refractivity contribution is 6.29. The number of benzene rings is 1. The molecule has 0 saturated carbocycles. The molecule has 0 fully saturated rings. The summed E-state index contributed by atoms with van der Waals surface area (Å²) < 4.78 is 0. The first kappa shape index (κ1) is 16.1. The molecular formula is C18H14ClN3O2. The third kappa shape index (κ3) is 2.54. The molecule has 1 N–H and O–H groups in total. The number of hydrogen-bond acceptors (Lipinski definition) is 4. The van der Waals surface area contributed by atoms with Crippen LogP contribution in [0.15, 0.2) is 61.7 Å². The van der Waals surface area contributed by atoms with Crippen molar-refractivity contribution < 1.29 is 9.90 Å². The SMILES string of the molecule is C=C.O=C1c2ccccc2C(O)N1c1ccc2ccc(Cl)nc2n1. The van der Waals surface area contributed by atoms with Crippen LogP contribution in [0.1, 0.15) is 22.1 Å². The quantitative estimate of drug-likeness (QED) is 0.542. The Balaban J connectivity index is 0.000000815. The van der Waals surface area contributed by atoms with Crippen LogP contribution in [0, 0.1) is 0 Å². The Morgan fingerprint density at radius 2 is 1.75 bits per heavy atom. The van der Waals surface area contributed by atoms with Gasteiger partial charge < -0.3 is 5.11 Å². The normalized spacial score (nSPS) is 15.8. The molecule has 1 unspecified atom stereocenters. The lowest BCUT2D eigenvalue weighted by molar-refractivity contribution is 0.0933. The molecule has 5 nitrogen and oxygen atoms in total. The number of pyridine rings is 2. The van der Waals surface area contributed by atoms with Gasteiger partial charge in [0.05, 0.1) is 0 Å².